The van der Waals surface area contributed by atoms with Gasteiger partial charge in [-0.05, 0) is 12.1 Å². The molecule has 4 heteroatoms. The van der Waals surface area contributed by atoms with Gasteiger partial charge in [0.25, 0.3) is 0 Å². The SMILES string of the molecule is CCc1nc(NC)cc(-c2cccc(Cl)c2)n1. The Morgan fingerprint density at radius 2 is 2.06 bits per heavy atom. The summed E-state index contributed by atoms with van der Waals surface area (Å²) in [5.74, 6) is 1.65. The van der Waals surface area contributed by atoms with Gasteiger partial charge in [0.1, 0.15) is 11.6 Å². The topological polar surface area (TPSA) is 37.8 Å². The Morgan fingerprint density at radius 1 is 1.24 bits per heavy atom. The summed E-state index contributed by atoms with van der Waals surface area (Å²) in [5.41, 5.74) is 1.90. The van der Waals surface area contributed by atoms with E-state index in [0.29, 0.717) is 5.02 Å². The fourth-order valence-corrected chi connectivity index (χ4v) is 1.77. The van der Waals surface area contributed by atoms with E-state index in [9.17, 15) is 0 Å². The van der Waals surface area contributed by atoms with Crippen LogP contribution in [0.5, 0.6) is 0 Å². The van der Waals surface area contributed by atoms with Crippen LogP contribution in [0, 0.1) is 0 Å². The lowest BCUT2D eigenvalue weighted by molar-refractivity contribution is 0.945. The molecule has 0 aliphatic carbocycles. The average Bonchev–Trinajstić information content (AvgIpc) is 2.38. The van der Waals surface area contributed by atoms with Gasteiger partial charge in [-0.3, -0.25) is 0 Å². The van der Waals surface area contributed by atoms with E-state index in [-0.39, 0.29) is 0 Å². The van der Waals surface area contributed by atoms with Crippen LogP contribution in [0.25, 0.3) is 11.3 Å². The van der Waals surface area contributed by atoms with Crippen LogP contribution in [-0.2, 0) is 6.42 Å². The highest BCUT2D eigenvalue weighted by Crippen LogP contribution is 2.22. The summed E-state index contributed by atoms with van der Waals surface area (Å²) >= 11 is 5.98. The molecule has 0 atom stereocenters. The fourth-order valence-electron chi connectivity index (χ4n) is 1.58. The Morgan fingerprint density at radius 3 is 2.71 bits per heavy atom. The lowest BCUT2D eigenvalue weighted by Gasteiger charge is -2.07. The van der Waals surface area contributed by atoms with Gasteiger partial charge >= 0.3 is 0 Å². The first-order valence-corrected chi connectivity index (χ1v) is 5.92. The van der Waals surface area contributed by atoms with Gasteiger partial charge in [-0.15, -0.1) is 0 Å². The largest absolute Gasteiger partial charge is 0.373 e. The molecule has 1 heterocycles. The van der Waals surface area contributed by atoms with E-state index in [1.165, 1.54) is 0 Å². The quantitative estimate of drug-likeness (QED) is 0.903. The number of aryl methyl sites for hydroxylation is 1. The van der Waals surface area contributed by atoms with Gasteiger partial charge in [0.15, 0.2) is 0 Å². The van der Waals surface area contributed by atoms with Gasteiger partial charge in [-0.25, -0.2) is 9.97 Å². The van der Waals surface area contributed by atoms with Crippen molar-refractivity contribution >= 4 is 17.4 Å². The molecule has 0 radical (unpaired) electrons. The number of hydrogen-bond donors (Lipinski definition) is 1. The van der Waals surface area contributed by atoms with Crippen molar-refractivity contribution in [2.24, 2.45) is 0 Å². The van der Waals surface area contributed by atoms with E-state index >= 15 is 0 Å². The van der Waals surface area contributed by atoms with Crippen molar-refractivity contribution in [3.63, 3.8) is 0 Å². The average molecular weight is 248 g/mol. The molecule has 2 aromatic rings. The molecule has 0 saturated carbocycles. The second-order valence-corrected chi connectivity index (χ2v) is 4.10. The first-order chi connectivity index (χ1) is 8.22. The highest BCUT2D eigenvalue weighted by Gasteiger charge is 2.05. The number of nitrogens with one attached hydrogen (secondary N) is 1. The van der Waals surface area contributed by atoms with E-state index in [0.717, 1.165) is 29.3 Å². The maximum atomic E-state index is 5.98. The van der Waals surface area contributed by atoms with Gasteiger partial charge in [0.05, 0.1) is 5.69 Å². The molecule has 17 heavy (non-hydrogen) atoms. The van der Waals surface area contributed by atoms with E-state index in [1.54, 1.807) is 0 Å². The molecule has 0 aliphatic heterocycles. The molecule has 0 saturated heterocycles. The Hall–Kier alpha value is -1.61. The number of hydrogen-bond acceptors (Lipinski definition) is 3. The van der Waals surface area contributed by atoms with E-state index in [4.69, 9.17) is 11.6 Å². The zero-order valence-corrected chi connectivity index (χ0v) is 10.6. The zero-order chi connectivity index (χ0) is 12.3. The molecule has 1 N–H and O–H groups in total. The smallest absolute Gasteiger partial charge is 0.131 e. The van der Waals surface area contributed by atoms with Crippen molar-refractivity contribution in [1.82, 2.24) is 9.97 Å². The summed E-state index contributed by atoms with van der Waals surface area (Å²) in [6.45, 7) is 2.04. The van der Waals surface area contributed by atoms with Crippen molar-refractivity contribution < 1.29 is 0 Å². The van der Waals surface area contributed by atoms with Crippen LogP contribution in [0.2, 0.25) is 5.02 Å². The molecule has 0 fully saturated rings. The van der Waals surface area contributed by atoms with Crippen molar-refractivity contribution in [3.05, 3.63) is 41.2 Å². The molecule has 0 spiro atoms. The lowest BCUT2D eigenvalue weighted by Crippen LogP contribution is -2.00. The molecule has 0 aliphatic rings. The minimum Gasteiger partial charge on any atom is -0.373 e. The number of nitrogens with zero attached hydrogens (tertiary/aromatic N) is 2. The predicted octanol–water partition coefficient (Wildman–Crippen LogP) is 3.40. The molecule has 88 valence electrons. The summed E-state index contributed by atoms with van der Waals surface area (Å²) in [5, 5.41) is 3.76. The molecular weight excluding hydrogens is 234 g/mol. The van der Waals surface area contributed by atoms with Gasteiger partial charge in [0.2, 0.25) is 0 Å². The summed E-state index contributed by atoms with van der Waals surface area (Å²) in [4.78, 5) is 8.86. The molecule has 0 bridgehead atoms. The molecule has 0 amide bonds. The highest BCUT2D eigenvalue weighted by molar-refractivity contribution is 6.30. The first-order valence-electron chi connectivity index (χ1n) is 5.54. The summed E-state index contributed by atoms with van der Waals surface area (Å²) in [7, 11) is 1.85. The Labute approximate surface area is 106 Å². The van der Waals surface area contributed by atoms with Crippen molar-refractivity contribution in [2.45, 2.75) is 13.3 Å². The third kappa shape index (κ3) is 2.74. The highest BCUT2D eigenvalue weighted by atomic mass is 35.5. The summed E-state index contributed by atoms with van der Waals surface area (Å²) in [6.07, 6.45) is 0.809. The standard InChI is InChI=1S/C13H14ClN3/c1-3-12-16-11(8-13(15-2)17-12)9-5-4-6-10(14)7-9/h4-8H,3H2,1-2H3,(H,15,16,17). The van der Waals surface area contributed by atoms with Gasteiger partial charge in [-0.1, -0.05) is 30.7 Å². The zero-order valence-electron chi connectivity index (χ0n) is 9.87. The van der Waals surface area contributed by atoms with Crippen LogP contribution in [0.15, 0.2) is 30.3 Å². The maximum absolute atomic E-state index is 5.98. The number of rotatable bonds is 3. The van der Waals surface area contributed by atoms with Crippen molar-refractivity contribution in [3.8, 4) is 11.3 Å². The van der Waals surface area contributed by atoms with Crippen LogP contribution in [0.4, 0.5) is 5.82 Å². The van der Waals surface area contributed by atoms with E-state index in [1.807, 2.05) is 44.3 Å². The predicted molar refractivity (Wildman–Crippen MR) is 71.4 cm³/mol. The Bertz CT molecular complexity index is 504. The van der Waals surface area contributed by atoms with Crippen molar-refractivity contribution in [1.29, 1.82) is 0 Å². The first kappa shape index (κ1) is 11.9. The fraction of sp³-hybridized carbons (Fsp3) is 0.231. The van der Waals surface area contributed by atoms with Crippen LogP contribution in [0.3, 0.4) is 0 Å². The molecular formula is C13H14ClN3. The summed E-state index contributed by atoms with van der Waals surface area (Å²) < 4.78 is 0. The third-order valence-corrected chi connectivity index (χ3v) is 2.70. The van der Waals surface area contributed by atoms with Gasteiger partial charge in [0, 0.05) is 30.1 Å². The molecule has 0 unspecified atom stereocenters. The van der Waals surface area contributed by atoms with Gasteiger partial charge in [-0.2, -0.15) is 0 Å². The number of anilines is 1. The second kappa shape index (κ2) is 5.15. The molecule has 3 nitrogen and oxygen atoms in total. The van der Waals surface area contributed by atoms with Crippen LogP contribution in [0.1, 0.15) is 12.7 Å². The van der Waals surface area contributed by atoms with Crippen LogP contribution in [-0.4, -0.2) is 17.0 Å². The molecule has 1 aromatic carbocycles. The van der Waals surface area contributed by atoms with Gasteiger partial charge < -0.3 is 5.32 Å². The maximum Gasteiger partial charge on any atom is 0.131 e. The third-order valence-electron chi connectivity index (χ3n) is 2.47. The Kier molecular flexibility index (Phi) is 3.59. The number of halogens is 1. The second-order valence-electron chi connectivity index (χ2n) is 3.67. The van der Waals surface area contributed by atoms with Crippen LogP contribution >= 0.6 is 11.6 Å². The normalized spacial score (nSPS) is 10.3. The van der Waals surface area contributed by atoms with Crippen molar-refractivity contribution in [2.75, 3.05) is 12.4 Å². The summed E-state index contributed by atoms with van der Waals surface area (Å²) in [6, 6.07) is 9.59. The van der Waals surface area contributed by atoms with E-state index < -0.39 is 0 Å². The van der Waals surface area contributed by atoms with Crippen LogP contribution < -0.4 is 5.32 Å². The number of aromatic nitrogens is 2. The lowest BCUT2D eigenvalue weighted by atomic mass is 10.1. The monoisotopic (exact) mass is 247 g/mol. The minimum absolute atomic E-state index is 0.713. The number of benzene rings is 1. The molecule has 2 rings (SSSR count). The molecule has 1 aromatic heterocycles. The van der Waals surface area contributed by atoms with E-state index in [2.05, 4.69) is 15.3 Å². The minimum atomic E-state index is 0.713. The Balaban J connectivity index is 2.50.